The molecule has 3 heterocycles. The molecule has 218 valence electrons. The lowest BCUT2D eigenvalue weighted by Gasteiger charge is -2.49. The van der Waals surface area contributed by atoms with E-state index in [2.05, 4.69) is 27.4 Å². The Balaban J connectivity index is 1.43. The lowest BCUT2D eigenvalue weighted by Crippen LogP contribution is -2.71. The van der Waals surface area contributed by atoms with Gasteiger partial charge < -0.3 is 25.3 Å². The summed E-state index contributed by atoms with van der Waals surface area (Å²) in [7, 11) is 0. The van der Waals surface area contributed by atoms with Crippen molar-refractivity contribution < 1.29 is 43.6 Å². The van der Waals surface area contributed by atoms with Crippen LogP contribution in [0.25, 0.3) is 0 Å². The monoisotopic (exact) mass is 616 g/mol. The molecule has 2 aliphatic rings. The first-order chi connectivity index (χ1) is 20.1. The van der Waals surface area contributed by atoms with Crippen LogP contribution in [-0.4, -0.2) is 79.6 Å². The number of nitro benzene ring substituents is 1. The minimum atomic E-state index is -1.30. The molecule has 1 fully saturated rings. The second kappa shape index (κ2) is 13.0. The molecule has 2 aliphatic heterocycles. The molecule has 0 radical (unpaired) electrons. The van der Waals surface area contributed by atoms with Crippen LogP contribution in [0.5, 0.6) is 0 Å². The number of nitro groups is 1. The Morgan fingerprint density at radius 1 is 1.31 bits per heavy atom. The number of non-ortho nitro benzene ring substituents is 1. The number of thiazole rings is 1. The molecule has 16 nitrogen and oxygen atoms in total. The zero-order valence-corrected chi connectivity index (χ0v) is 22.9. The minimum Gasteiger partial charge on any atom is -0.477 e. The number of anilines is 1. The van der Waals surface area contributed by atoms with Crippen molar-refractivity contribution in [3.63, 3.8) is 0 Å². The number of hydrogen-bond donors (Lipinski definition) is 3. The fourth-order valence-electron chi connectivity index (χ4n) is 3.78. The van der Waals surface area contributed by atoms with Crippen LogP contribution in [0.3, 0.4) is 0 Å². The number of aromatic nitrogens is 1. The summed E-state index contributed by atoms with van der Waals surface area (Å²) in [5.74, 6) is -3.49. The maximum absolute atomic E-state index is 13.2. The van der Waals surface area contributed by atoms with E-state index in [0.29, 0.717) is 17.5 Å². The highest BCUT2D eigenvalue weighted by atomic mass is 32.2. The number of rotatable bonds is 13. The number of nitrogens with zero attached hydrogens (tertiary/aromatic N) is 4. The lowest BCUT2D eigenvalue weighted by molar-refractivity contribution is -0.384. The van der Waals surface area contributed by atoms with Crippen LogP contribution in [0.15, 0.2) is 58.7 Å². The Morgan fingerprint density at radius 3 is 2.69 bits per heavy atom. The van der Waals surface area contributed by atoms with E-state index in [1.807, 2.05) is 0 Å². The Bertz CT molecular complexity index is 1520. The largest absolute Gasteiger partial charge is 0.477 e. The van der Waals surface area contributed by atoms with Crippen LogP contribution >= 0.6 is 23.1 Å². The van der Waals surface area contributed by atoms with Crippen molar-refractivity contribution in [1.29, 1.82) is 0 Å². The number of carboxylic acid groups (broad SMARTS) is 1. The molecule has 0 aliphatic carbocycles. The first-order valence-electron chi connectivity index (χ1n) is 11.7. The van der Waals surface area contributed by atoms with E-state index in [0.717, 1.165) is 16.2 Å². The van der Waals surface area contributed by atoms with E-state index < -0.39 is 52.4 Å². The number of ether oxygens (including phenoxy) is 1. The highest BCUT2D eigenvalue weighted by Gasteiger charge is 2.54. The smallest absolute Gasteiger partial charge is 0.352 e. The van der Waals surface area contributed by atoms with Gasteiger partial charge in [-0.25, -0.2) is 14.6 Å². The standard InChI is InChI=1S/C24H20N6O10S2/c1-2-13-9-41-22-18(21(34)29(22)19(13)23(35)36)27-20(33)17(15-10-42-24(26-15)25-11-31)28-40-8-16(32)39-7-12-3-5-14(6-4-12)30(37)38/h2-6,10-11,18,22H,1,7-9H2,(H,27,33)(H,35,36)(H,25,26,31)/t18?,22-/m1/s1. The Kier molecular flexibility index (Phi) is 9.28. The number of carboxylic acids is 1. The van der Waals surface area contributed by atoms with E-state index in [4.69, 9.17) is 9.57 Å². The number of oxime groups is 1. The molecule has 0 saturated carbocycles. The quantitative estimate of drug-likeness (QED) is 0.0717. The molecule has 42 heavy (non-hydrogen) atoms. The van der Waals surface area contributed by atoms with Crippen LogP contribution < -0.4 is 10.6 Å². The van der Waals surface area contributed by atoms with E-state index in [1.54, 1.807) is 0 Å². The van der Waals surface area contributed by atoms with Crippen molar-refractivity contribution in [1.82, 2.24) is 15.2 Å². The number of amides is 3. The number of allylic oxidation sites excluding steroid dienone is 1. The van der Waals surface area contributed by atoms with Crippen LogP contribution in [0.4, 0.5) is 10.8 Å². The van der Waals surface area contributed by atoms with E-state index in [-0.39, 0.29) is 34.6 Å². The highest BCUT2D eigenvalue weighted by molar-refractivity contribution is 8.00. The van der Waals surface area contributed by atoms with Gasteiger partial charge in [0.1, 0.15) is 29.4 Å². The Labute approximate surface area is 244 Å². The van der Waals surface area contributed by atoms with Gasteiger partial charge in [0, 0.05) is 23.3 Å². The Morgan fingerprint density at radius 2 is 2.05 bits per heavy atom. The first kappa shape index (κ1) is 29.9. The molecular formula is C24H20N6O10S2. The lowest BCUT2D eigenvalue weighted by atomic mass is 10.0. The third-order valence-electron chi connectivity index (χ3n) is 5.76. The molecular weight excluding hydrogens is 596 g/mol. The molecule has 1 unspecified atom stereocenters. The summed E-state index contributed by atoms with van der Waals surface area (Å²) in [6.45, 7) is 2.65. The van der Waals surface area contributed by atoms with Crippen LogP contribution in [0.1, 0.15) is 11.3 Å². The summed E-state index contributed by atoms with van der Waals surface area (Å²) in [6.07, 6.45) is 1.74. The minimum absolute atomic E-state index is 0.0407. The molecule has 3 N–H and O–H groups in total. The molecule has 1 aromatic carbocycles. The van der Waals surface area contributed by atoms with Gasteiger partial charge in [0.2, 0.25) is 13.0 Å². The topological polar surface area (TPSA) is 220 Å². The summed E-state index contributed by atoms with van der Waals surface area (Å²) < 4.78 is 5.05. The predicted octanol–water partition coefficient (Wildman–Crippen LogP) is 1.01. The highest BCUT2D eigenvalue weighted by Crippen LogP contribution is 2.40. The zero-order chi connectivity index (χ0) is 30.4. The molecule has 3 amide bonds. The van der Waals surface area contributed by atoms with Crippen molar-refractivity contribution in [2.75, 3.05) is 17.7 Å². The molecule has 2 atom stereocenters. The van der Waals surface area contributed by atoms with Crippen molar-refractivity contribution in [3.05, 3.63) is 74.9 Å². The van der Waals surface area contributed by atoms with Gasteiger partial charge in [0.25, 0.3) is 17.5 Å². The van der Waals surface area contributed by atoms with Crippen molar-refractivity contribution >= 4 is 69.8 Å². The number of carbonyl (C=O) groups excluding carboxylic acids is 4. The number of esters is 1. The number of fused-ring (bicyclic) bond motifs is 1. The number of thioether (sulfide) groups is 1. The number of aliphatic carboxylic acids is 1. The number of nitrogens with one attached hydrogen (secondary N) is 2. The number of β-lactam (4-membered cyclic amide) rings is 1. The summed E-state index contributed by atoms with van der Waals surface area (Å²) in [6, 6.07) is 4.25. The van der Waals surface area contributed by atoms with Gasteiger partial charge in [-0.1, -0.05) is 17.8 Å². The molecule has 0 spiro atoms. The van der Waals surface area contributed by atoms with Crippen LogP contribution in [0.2, 0.25) is 0 Å². The van der Waals surface area contributed by atoms with Crippen LogP contribution in [-0.2, 0) is 40.2 Å². The summed E-state index contributed by atoms with van der Waals surface area (Å²) >= 11 is 2.20. The van der Waals surface area contributed by atoms with Crippen molar-refractivity contribution in [2.24, 2.45) is 5.16 Å². The molecule has 1 saturated heterocycles. The van der Waals surface area contributed by atoms with Gasteiger partial charge in [-0.2, -0.15) is 0 Å². The van der Waals surface area contributed by atoms with Gasteiger partial charge in [-0.05, 0) is 23.3 Å². The van der Waals surface area contributed by atoms with E-state index in [9.17, 15) is 39.2 Å². The third-order valence-corrected chi connectivity index (χ3v) is 7.84. The second-order valence-corrected chi connectivity index (χ2v) is 10.3. The fourth-order valence-corrected chi connectivity index (χ4v) is 5.78. The number of carbonyl (C=O) groups is 5. The maximum atomic E-state index is 13.2. The summed E-state index contributed by atoms with van der Waals surface area (Å²) in [4.78, 5) is 81.0. The second-order valence-electron chi connectivity index (χ2n) is 8.34. The van der Waals surface area contributed by atoms with Crippen LogP contribution in [0, 0.1) is 10.1 Å². The molecule has 0 bridgehead atoms. The normalized spacial score (nSPS) is 17.9. The van der Waals surface area contributed by atoms with Gasteiger partial charge in [0.15, 0.2) is 10.8 Å². The molecule has 4 rings (SSSR count). The average molecular weight is 617 g/mol. The maximum Gasteiger partial charge on any atom is 0.352 e. The predicted molar refractivity (Wildman–Crippen MR) is 147 cm³/mol. The van der Waals surface area contributed by atoms with Gasteiger partial charge in [-0.15, -0.1) is 23.1 Å². The third kappa shape index (κ3) is 6.44. The zero-order valence-electron chi connectivity index (χ0n) is 21.3. The summed E-state index contributed by atoms with van der Waals surface area (Å²) in [5.41, 5.74) is 0.0487. The van der Waals surface area contributed by atoms with E-state index >= 15 is 0 Å². The van der Waals surface area contributed by atoms with Gasteiger partial charge >= 0.3 is 11.9 Å². The number of benzene rings is 1. The van der Waals surface area contributed by atoms with E-state index in [1.165, 1.54) is 47.5 Å². The number of hydrogen-bond acceptors (Lipinski definition) is 13. The van der Waals surface area contributed by atoms with Gasteiger partial charge in [-0.3, -0.25) is 29.4 Å². The fraction of sp³-hybridized carbons (Fsp3) is 0.208. The van der Waals surface area contributed by atoms with Crippen molar-refractivity contribution in [3.8, 4) is 0 Å². The van der Waals surface area contributed by atoms with Crippen molar-refractivity contribution in [2.45, 2.75) is 18.0 Å². The first-order valence-corrected chi connectivity index (χ1v) is 13.7. The summed E-state index contributed by atoms with van der Waals surface area (Å²) in [5, 5.41) is 29.7. The average Bonchev–Trinajstić information content (AvgIpc) is 3.44. The molecule has 1 aromatic heterocycles. The Hall–Kier alpha value is -5.10. The molecule has 2 aromatic rings. The SMILES string of the molecule is C=CC1=C(C(=O)O)N2C(=O)C(NC(=O)C(=NOCC(=O)OCc3ccc([N+](=O)[O-])cc3)c3csc(NC=O)n3)[C@H]2SC1. The molecule has 18 heteroatoms. The van der Waals surface area contributed by atoms with Gasteiger partial charge in [0.05, 0.1) is 4.92 Å².